The molecular weight excluding hydrogens is 164 g/mol. The van der Waals surface area contributed by atoms with E-state index in [1.54, 1.807) is 6.20 Å². The molecule has 4 nitrogen and oxygen atoms in total. The number of likely N-dealkylation sites (tertiary alicyclic amines) is 1. The van der Waals surface area contributed by atoms with E-state index in [0.29, 0.717) is 0 Å². The van der Waals surface area contributed by atoms with E-state index in [2.05, 4.69) is 17.0 Å². The summed E-state index contributed by atoms with van der Waals surface area (Å²) in [5.41, 5.74) is 6.34. The summed E-state index contributed by atoms with van der Waals surface area (Å²) in [6.07, 6.45) is 4.88. The fourth-order valence-corrected chi connectivity index (χ4v) is 1.92. The largest absolute Gasteiger partial charge is 0.396 e. The lowest BCUT2D eigenvalue weighted by Gasteiger charge is -2.09. The SMILES string of the molecule is CN1CCC(Cn2cc(N)cn2)C1. The van der Waals surface area contributed by atoms with Crippen molar-refractivity contribution in [3.05, 3.63) is 12.4 Å². The van der Waals surface area contributed by atoms with Crippen LogP contribution in [0.4, 0.5) is 5.69 Å². The molecule has 0 radical (unpaired) electrons. The Morgan fingerprint density at radius 3 is 3.08 bits per heavy atom. The van der Waals surface area contributed by atoms with Crippen LogP contribution in [-0.2, 0) is 6.54 Å². The number of nitrogens with zero attached hydrogens (tertiary/aromatic N) is 3. The molecule has 0 amide bonds. The van der Waals surface area contributed by atoms with Crippen LogP contribution < -0.4 is 5.73 Å². The van der Waals surface area contributed by atoms with Crippen LogP contribution in [-0.4, -0.2) is 34.8 Å². The van der Waals surface area contributed by atoms with Crippen LogP contribution in [0.3, 0.4) is 0 Å². The molecular formula is C9H16N4. The van der Waals surface area contributed by atoms with Crippen molar-refractivity contribution >= 4 is 5.69 Å². The van der Waals surface area contributed by atoms with Crippen molar-refractivity contribution in [3.63, 3.8) is 0 Å². The molecule has 1 aromatic rings. The van der Waals surface area contributed by atoms with Crippen LogP contribution in [0.15, 0.2) is 12.4 Å². The minimum absolute atomic E-state index is 0.740. The van der Waals surface area contributed by atoms with Gasteiger partial charge in [0.1, 0.15) is 0 Å². The number of nitrogen functional groups attached to an aromatic ring is 1. The number of aromatic nitrogens is 2. The van der Waals surface area contributed by atoms with Crippen molar-refractivity contribution in [2.45, 2.75) is 13.0 Å². The molecule has 0 aliphatic carbocycles. The van der Waals surface area contributed by atoms with Crippen molar-refractivity contribution in [1.29, 1.82) is 0 Å². The van der Waals surface area contributed by atoms with Gasteiger partial charge in [-0.3, -0.25) is 4.68 Å². The highest BCUT2D eigenvalue weighted by atomic mass is 15.3. The summed E-state index contributed by atoms with van der Waals surface area (Å²) in [7, 11) is 2.16. The first-order chi connectivity index (χ1) is 6.24. The predicted octanol–water partition coefficient (Wildman–Crippen LogP) is 0.417. The number of nitrogens with two attached hydrogens (primary N) is 1. The van der Waals surface area contributed by atoms with Crippen molar-refractivity contribution in [1.82, 2.24) is 14.7 Å². The molecule has 1 fully saturated rings. The molecule has 2 rings (SSSR count). The molecule has 4 heteroatoms. The van der Waals surface area contributed by atoms with Crippen molar-refractivity contribution in [3.8, 4) is 0 Å². The highest BCUT2D eigenvalue weighted by molar-refractivity contribution is 5.30. The summed E-state index contributed by atoms with van der Waals surface area (Å²) in [5, 5.41) is 4.18. The number of anilines is 1. The van der Waals surface area contributed by atoms with E-state index in [1.165, 1.54) is 19.5 Å². The summed E-state index contributed by atoms with van der Waals surface area (Å²) in [6.45, 7) is 3.39. The second kappa shape index (κ2) is 3.38. The molecule has 0 aromatic carbocycles. The van der Waals surface area contributed by atoms with Crippen LogP contribution in [0.5, 0.6) is 0 Å². The molecule has 0 saturated carbocycles. The zero-order valence-corrected chi connectivity index (χ0v) is 7.98. The molecule has 1 aliphatic rings. The van der Waals surface area contributed by atoms with Crippen LogP contribution in [0.25, 0.3) is 0 Å². The van der Waals surface area contributed by atoms with E-state index in [1.807, 2.05) is 10.9 Å². The fraction of sp³-hybridized carbons (Fsp3) is 0.667. The summed E-state index contributed by atoms with van der Waals surface area (Å²) in [6, 6.07) is 0. The molecule has 0 bridgehead atoms. The maximum atomic E-state index is 5.59. The van der Waals surface area contributed by atoms with Crippen molar-refractivity contribution < 1.29 is 0 Å². The third kappa shape index (κ3) is 2.01. The molecule has 1 unspecified atom stereocenters. The number of rotatable bonds is 2. The molecule has 72 valence electrons. The van der Waals surface area contributed by atoms with E-state index in [4.69, 9.17) is 5.73 Å². The van der Waals surface area contributed by atoms with E-state index in [0.717, 1.165) is 18.2 Å². The van der Waals surface area contributed by atoms with E-state index >= 15 is 0 Å². The van der Waals surface area contributed by atoms with Crippen molar-refractivity contribution in [2.24, 2.45) is 5.92 Å². The number of hydrogen-bond donors (Lipinski definition) is 1. The lowest BCUT2D eigenvalue weighted by Crippen LogP contribution is -2.17. The van der Waals surface area contributed by atoms with Crippen LogP contribution in [0.1, 0.15) is 6.42 Å². The topological polar surface area (TPSA) is 47.1 Å². The molecule has 2 heterocycles. The molecule has 1 aliphatic heterocycles. The second-order valence-electron chi connectivity index (χ2n) is 3.91. The van der Waals surface area contributed by atoms with Gasteiger partial charge in [0.15, 0.2) is 0 Å². The lowest BCUT2D eigenvalue weighted by molar-refractivity contribution is 0.370. The van der Waals surface area contributed by atoms with Gasteiger partial charge < -0.3 is 10.6 Å². The van der Waals surface area contributed by atoms with Crippen molar-refractivity contribution in [2.75, 3.05) is 25.9 Å². The summed E-state index contributed by atoms with van der Waals surface area (Å²) < 4.78 is 1.94. The molecule has 2 N–H and O–H groups in total. The quantitative estimate of drug-likeness (QED) is 0.717. The second-order valence-corrected chi connectivity index (χ2v) is 3.91. The third-order valence-electron chi connectivity index (χ3n) is 2.59. The Kier molecular flexibility index (Phi) is 2.22. The third-order valence-corrected chi connectivity index (χ3v) is 2.59. The first-order valence-electron chi connectivity index (χ1n) is 4.70. The zero-order valence-electron chi connectivity index (χ0n) is 7.98. The van der Waals surface area contributed by atoms with Gasteiger partial charge in [-0.15, -0.1) is 0 Å². The molecule has 0 spiro atoms. The highest BCUT2D eigenvalue weighted by Gasteiger charge is 2.19. The van der Waals surface area contributed by atoms with Gasteiger partial charge in [0, 0.05) is 19.3 Å². The fourth-order valence-electron chi connectivity index (χ4n) is 1.92. The maximum absolute atomic E-state index is 5.59. The Labute approximate surface area is 78.3 Å². The average Bonchev–Trinajstić information content (AvgIpc) is 2.62. The predicted molar refractivity (Wildman–Crippen MR) is 52.2 cm³/mol. The summed E-state index contributed by atoms with van der Waals surface area (Å²) in [5.74, 6) is 0.740. The summed E-state index contributed by atoms with van der Waals surface area (Å²) >= 11 is 0. The Bertz CT molecular complexity index is 281. The Balaban J connectivity index is 1.91. The van der Waals surface area contributed by atoms with Gasteiger partial charge in [0.2, 0.25) is 0 Å². The Morgan fingerprint density at radius 2 is 2.54 bits per heavy atom. The van der Waals surface area contributed by atoms with Crippen LogP contribution in [0.2, 0.25) is 0 Å². The first kappa shape index (κ1) is 8.56. The highest BCUT2D eigenvalue weighted by Crippen LogP contribution is 2.16. The molecule has 1 aromatic heterocycles. The molecule has 1 atom stereocenters. The first-order valence-corrected chi connectivity index (χ1v) is 4.70. The van der Waals surface area contributed by atoms with E-state index < -0.39 is 0 Å². The normalized spacial score (nSPS) is 23.9. The van der Waals surface area contributed by atoms with Crippen LogP contribution in [0, 0.1) is 5.92 Å². The Morgan fingerprint density at radius 1 is 1.69 bits per heavy atom. The lowest BCUT2D eigenvalue weighted by atomic mass is 10.1. The van der Waals surface area contributed by atoms with Gasteiger partial charge in [0.25, 0.3) is 0 Å². The smallest absolute Gasteiger partial charge is 0.0719 e. The number of hydrogen-bond acceptors (Lipinski definition) is 3. The van der Waals surface area contributed by atoms with Gasteiger partial charge in [-0.25, -0.2) is 0 Å². The maximum Gasteiger partial charge on any atom is 0.0719 e. The molecule has 13 heavy (non-hydrogen) atoms. The van der Waals surface area contributed by atoms with Gasteiger partial charge in [0.05, 0.1) is 11.9 Å². The summed E-state index contributed by atoms with van der Waals surface area (Å²) in [4.78, 5) is 2.36. The van der Waals surface area contributed by atoms with Gasteiger partial charge in [-0.1, -0.05) is 0 Å². The minimum Gasteiger partial charge on any atom is -0.396 e. The monoisotopic (exact) mass is 180 g/mol. The van der Waals surface area contributed by atoms with E-state index in [-0.39, 0.29) is 0 Å². The average molecular weight is 180 g/mol. The standard InChI is InChI=1S/C9H16N4/c1-12-3-2-8(5-12)6-13-7-9(10)4-11-13/h4,7-8H,2-3,5-6,10H2,1H3. The van der Waals surface area contributed by atoms with E-state index in [9.17, 15) is 0 Å². The Hall–Kier alpha value is -1.03. The van der Waals surface area contributed by atoms with Gasteiger partial charge in [-0.2, -0.15) is 5.10 Å². The van der Waals surface area contributed by atoms with Gasteiger partial charge in [-0.05, 0) is 25.9 Å². The zero-order chi connectivity index (χ0) is 9.26. The molecule has 1 saturated heterocycles. The minimum atomic E-state index is 0.740. The van der Waals surface area contributed by atoms with Crippen LogP contribution >= 0.6 is 0 Å². The van der Waals surface area contributed by atoms with Gasteiger partial charge >= 0.3 is 0 Å².